The summed E-state index contributed by atoms with van der Waals surface area (Å²) in [6, 6.07) is 3.25. The van der Waals surface area contributed by atoms with Crippen LogP contribution in [0.3, 0.4) is 0 Å². The molecule has 1 aromatic heterocycles. The Labute approximate surface area is 110 Å². The summed E-state index contributed by atoms with van der Waals surface area (Å²) in [5.41, 5.74) is -0.256. The highest BCUT2D eigenvalue weighted by Crippen LogP contribution is 2.45. The average molecular weight is 264 g/mol. The predicted octanol–water partition coefficient (Wildman–Crippen LogP) is 1.54. The smallest absolute Gasteiger partial charge is 0.339 e. The summed E-state index contributed by atoms with van der Waals surface area (Å²) in [7, 11) is 0. The lowest BCUT2D eigenvalue weighted by Crippen LogP contribution is -2.24. The van der Waals surface area contributed by atoms with Gasteiger partial charge in [-0.25, -0.2) is 9.78 Å². The Bertz CT molecular complexity index is 480. The van der Waals surface area contributed by atoms with E-state index in [0.29, 0.717) is 37.4 Å². The Kier molecular flexibility index (Phi) is 3.69. The molecule has 102 valence electrons. The van der Waals surface area contributed by atoms with Gasteiger partial charge in [0.1, 0.15) is 5.82 Å². The third kappa shape index (κ3) is 3.01. The molecule has 0 amide bonds. The molecule has 6 heteroatoms. The van der Waals surface area contributed by atoms with Crippen LogP contribution in [0, 0.1) is 5.41 Å². The maximum Gasteiger partial charge on any atom is 0.339 e. The van der Waals surface area contributed by atoms with E-state index in [0.717, 1.165) is 0 Å². The maximum atomic E-state index is 11.4. The van der Waals surface area contributed by atoms with Gasteiger partial charge >= 0.3 is 11.9 Å². The Morgan fingerprint density at radius 2 is 2.21 bits per heavy atom. The van der Waals surface area contributed by atoms with E-state index in [1.807, 2.05) is 0 Å². The van der Waals surface area contributed by atoms with E-state index in [1.165, 1.54) is 6.20 Å². The predicted molar refractivity (Wildman–Crippen MR) is 68.0 cm³/mol. The zero-order valence-electron chi connectivity index (χ0n) is 10.7. The van der Waals surface area contributed by atoms with Crippen LogP contribution in [0.2, 0.25) is 0 Å². The van der Waals surface area contributed by atoms with Gasteiger partial charge in [-0.1, -0.05) is 0 Å². The molecule has 1 aliphatic carbocycles. The lowest BCUT2D eigenvalue weighted by Gasteiger charge is -2.11. The minimum atomic E-state index is -0.775. The molecule has 0 atom stereocenters. The van der Waals surface area contributed by atoms with E-state index in [-0.39, 0.29) is 0 Å². The summed E-state index contributed by atoms with van der Waals surface area (Å²) in [6.45, 7) is 2.41. The van der Waals surface area contributed by atoms with E-state index in [1.54, 1.807) is 19.1 Å². The van der Waals surface area contributed by atoms with Crippen molar-refractivity contribution in [3.63, 3.8) is 0 Å². The standard InChI is InChI=1S/C13H16N2O4/c1-2-19-11(16)9-3-4-10(14-7-9)15-8-13(5-6-13)12(17)18/h3-4,7H,2,5-6,8H2,1H3,(H,14,15)(H,17,18). The number of esters is 1. The number of aliphatic carboxylic acids is 1. The lowest BCUT2D eigenvalue weighted by atomic mass is 10.1. The van der Waals surface area contributed by atoms with Crippen LogP contribution in [-0.4, -0.2) is 35.2 Å². The fourth-order valence-electron chi connectivity index (χ4n) is 1.71. The number of hydrogen-bond acceptors (Lipinski definition) is 5. The van der Waals surface area contributed by atoms with E-state index >= 15 is 0 Å². The first-order chi connectivity index (χ1) is 9.07. The molecule has 1 fully saturated rings. The molecular weight excluding hydrogens is 248 g/mol. The number of aromatic nitrogens is 1. The summed E-state index contributed by atoms with van der Waals surface area (Å²) >= 11 is 0. The van der Waals surface area contributed by atoms with Crippen LogP contribution in [0.1, 0.15) is 30.1 Å². The second-order valence-corrected chi connectivity index (χ2v) is 4.59. The first-order valence-electron chi connectivity index (χ1n) is 6.18. The Hall–Kier alpha value is -2.11. The summed E-state index contributed by atoms with van der Waals surface area (Å²) < 4.78 is 4.85. The highest BCUT2D eigenvalue weighted by molar-refractivity contribution is 5.89. The summed E-state index contributed by atoms with van der Waals surface area (Å²) in [4.78, 5) is 26.5. The Morgan fingerprint density at radius 3 is 2.68 bits per heavy atom. The molecular formula is C13H16N2O4. The third-order valence-electron chi connectivity index (χ3n) is 3.19. The molecule has 0 spiro atoms. The molecule has 1 heterocycles. The van der Waals surface area contributed by atoms with Crippen LogP contribution in [0.25, 0.3) is 0 Å². The van der Waals surface area contributed by atoms with Crippen LogP contribution in [0.15, 0.2) is 18.3 Å². The molecule has 19 heavy (non-hydrogen) atoms. The first kappa shape index (κ1) is 13.3. The number of carboxylic acid groups (broad SMARTS) is 1. The minimum absolute atomic E-state index is 0.319. The van der Waals surface area contributed by atoms with Gasteiger partial charge in [-0.3, -0.25) is 4.79 Å². The number of pyridine rings is 1. The quantitative estimate of drug-likeness (QED) is 0.757. The fourth-order valence-corrected chi connectivity index (χ4v) is 1.71. The van der Waals surface area contributed by atoms with Gasteiger partial charge in [-0.2, -0.15) is 0 Å². The van der Waals surface area contributed by atoms with Gasteiger partial charge in [0.15, 0.2) is 0 Å². The normalized spacial score (nSPS) is 15.6. The molecule has 0 saturated heterocycles. The van der Waals surface area contributed by atoms with Crippen LogP contribution in [0.5, 0.6) is 0 Å². The average Bonchev–Trinajstić information content (AvgIpc) is 3.18. The summed E-state index contributed by atoms with van der Waals surface area (Å²) in [5.74, 6) is -0.630. The molecule has 6 nitrogen and oxygen atoms in total. The number of hydrogen-bond donors (Lipinski definition) is 2. The van der Waals surface area contributed by atoms with Gasteiger partial charge in [-0.05, 0) is 31.9 Å². The van der Waals surface area contributed by atoms with Gasteiger partial charge in [-0.15, -0.1) is 0 Å². The Balaban J connectivity index is 1.92. The Morgan fingerprint density at radius 1 is 1.47 bits per heavy atom. The molecule has 0 unspecified atom stereocenters. The molecule has 0 aliphatic heterocycles. The zero-order valence-corrected chi connectivity index (χ0v) is 10.7. The van der Waals surface area contributed by atoms with E-state index in [9.17, 15) is 9.59 Å². The van der Waals surface area contributed by atoms with Gasteiger partial charge in [0.05, 0.1) is 17.6 Å². The van der Waals surface area contributed by atoms with Crippen molar-refractivity contribution in [2.45, 2.75) is 19.8 Å². The van der Waals surface area contributed by atoms with Crippen molar-refractivity contribution in [1.29, 1.82) is 0 Å². The molecule has 0 aromatic carbocycles. The molecule has 0 bridgehead atoms. The number of carboxylic acids is 1. The summed E-state index contributed by atoms with van der Waals surface area (Å²) in [6.07, 6.45) is 2.80. The van der Waals surface area contributed by atoms with E-state index < -0.39 is 17.4 Å². The van der Waals surface area contributed by atoms with Crippen molar-refractivity contribution in [2.24, 2.45) is 5.41 Å². The zero-order chi connectivity index (χ0) is 13.9. The van der Waals surface area contributed by atoms with E-state index in [2.05, 4.69) is 10.3 Å². The van der Waals surface area contributed by atoms with Crippen molar-refractivity contribution in [1.82, 2.24) is 4.98 Å². The van der Waals surface area contributed by atoms with Crippen molar-refractivity contribution >= 4 is 17.8 Å². The highest BCUT2D eigenvalue weighted by Gasteiger charge is 2.50. The highest BCUT2D eigenvalue weighted by atomic mass is 16.5. The van der Waals surface area contributed by atoms with Crippen LogP contribution in [-0.2, 0) is 9.53 Å². The second kappa shape index (κ2) is 5.26. The van der Waals surface area contributed by atoms with E-state index in [4.69, 9.17) is 9.84 Å². The molecule has 0 radical (unpaired) electrons. The van der Waals surface area contributed by atoms with Gasteiger partial charge in [0, 0.05) is 12.7 Å². The topological polar surface area (TPSA) is 88.5 Å². The van der Waals surface area contributed by atoms with Crippen LogP contribution >= 0.6 is 0 Å². The number of nitrogens with one attached hydrogen (secondary N) is 1. The van der Waals surface area contributed by atoms with Crippen LogP contribution in [0.4, 0.5) is 5.82 Å². The monoisotopic (exact) mass is 264 g/mol. The van der Waals surface area contributed by atoms with Crippen LogP contribution < -0.4 is 5.32 Å². The van der Waals surface area contributed by atoms with Crippen molar-refractivity contribution < 1.29 is 19.4 Å². The number of carbonyl (C=O) groups is 2. The number of nitrogens with zero attached hydrogens (tertiary/aromatic N) is 1. The number of ether oxygens (including phenoxy) is 1. The van der Waals surface area contributed by atoms with Gasteiger partial charge in [0.2, 0.25) is 0 Å². The second-order valence-electron chi connectivity index (χ2n) is 4.59. The fraction of sp³-hybridized carbons (Fsp3) is 0.462. The number of carbonyl (C=O) groups excluding carboxylic acids is 1. The minimum Gasteiger partial charge on any atom is -0.481 e. The molecule has 2 N–H and O–H groups in total. The van der Waals surface area contributed by atoms with Crippen molar-refractivity contribution in [2.75, 3.05) is 18.5 Å². The molecule has 1 saturated carbocycles. The maximum absolute atomic E-state index is 11.4. The first-order valence-corrected chi connectivity index (χ1v) is 6.18. The van der Waals surface area contributed by atoms with Gasteiger partial charge in [0.25, 0.3) is 0 Å². The SMILES string of the molecule is CCOC(=O)c1ccc(NCC2(C(=O)O)CC2)nc1. The van der Waals surface area contributed by atoms with Gasteiger partial charge < -0.3 is 15.2 Å². The van der Waals surface area contributed by atoms with Crippen molar-refractivity contribution in [3.05, 3.63) is 23.9 Å². The molecule has 1 aromatic rings. The number of anilines is 1. The largest absolute Gasteiger partial charge is 0.481 e. The number of rotatable bonds is 6. The molecule has 2 rings (SSSR count). The van der Waals surface area contributed by atoms with Crippen molar-refractivity contribution in [3.8, 4) is 0 Å². The summed E-state index contributed by atoms with van der Waals surface area (Å²) in [5, 5.41) is 12.0. The third-order valence-corrected chi connectivity index (χ3v) is 3.19. The molecule has 1 aliphatic rings. The lowest BCUT2D eigenvalue weighted by molar-refractivity contribution is -0.142.